The van der Waals surface area contributed by atoms with Crippen LogP contribution in [0.2, 0.25) is 0 Å². The van der Waals surface area contributed by atoms with Crippen LogP contribution < -0.4 is 20.1 Å². The van der Waals surface area contributed by atoms with Gasteiger partial charge in [-0.15, -0.1) is 0 Å². The topological polar surface area (TPSA) is 79.8 Å². The number of carboxylic acid groups (broad SMARTS) is 1. The minimum Gasteiger partial charge on any atom is -0.480 e. The van der Waals surface area contributed by atoms with E-state index in [0.717, 1.165) is 23.4 Å². The van der Waals surface area contributed by atoms with E-state index in [1.165, 1.54) is 0 Å². The Morgan fingerprint density at radius 3 is 2.68 bits per heavy atom. The predicted octanol–water partition coefficient (Wildman–Crippen LogP) is 0.411. The largest absolute Gasteiger partial charge is 0.480 e. The molecular weight excluding hydrogens is 248 g/mol. The van der Waals surface area contributed by atoms with Gasteiger partial charge in [-0.05, 0) is 30.2 Å². The lowest BCUT2D eigenvalue weighted by Gasteiger charge is -2.32. The third kappa shape index (κ3) is 2.13. The highest BCUT2D eigenvalue weighted by Gasteiger charge is 2.33. The standard InChI is InChI=1S/C13H16N2O4/c1-7-4-9-10(19-6-18-9)5-8(7)11-12(13(16)17)15-3-2-14-11/h4-5,11-12,14-15H,2-3,6H2,1H3,(H,16,17). The van der Waals surface area contributed by atoms with Gasteiger partial charge in [0.05, 0.1) is 6.04 Å². The molecule has 3 N–H and O–H groups in total. The SMILES string of the molecule is Cc1cc2c(cc1C1NCCNC1C(=O)O)OCO2. The van der Waals surface area contributed by atoms with Gasteiger partial charge in [-0.2, -0.15) is 0 Å². The minimum atomic E-state index is -0.853. The maximum atomic E-state index is 11.3. The second-order valence-electron chi connectivity index (χ2n) is 4.76. The summed E-state index contributed by atoms with van der Waals surface area (Å²) in [6.07, 6.45) is 0. The Bertz CT molecular complexity index is 518. The molecule has 0 aliphatic carbocycles. The molecular formula is C13H16N2O4. The van der Waals surface area contributed by atoms with Crippen LogP contribution in [0.15, 0.2) is 12.1 Å². The molecule has 102 valence electrons. The van der Waals surface area contributed by atoms with Crippen molar-refractivity contribution in [3.05, 3.63) is 23.3 Å². The van der Waals surface area contributed by atoms with Gasteiger partial charge < -0.3 is 25.2 Å². The van der Waals surface area contributed by atoms with Crippen molar-refractivity contribution < 1.29 is 19.4 Å². The van der Waals surface area contributed by atoms with Crippen LogP contribution in [0, 0.1) is 6.92 Å². The zero-order valence-electron chi connectivity index (χ0n) is 10.6. The van der Waals surface area contributed by atoms with E-state index >= 15 is 0 Å². The maximum Gasteiger partial charge on any atom is 0.322 e. The summed E-state index contributed by atoms with van der Waals surface area (Å²) in [6, 6.07) is 2.87. The second kappa shape index (κ2) is 4.71. The molecule has 0 bridgehead atoms. The number of aryl methyl sites for hydroxylation is 1. The Hall–Kier alpha value is -1.79. The molecule has 0 spiro atoms. The Labute approximate surface area is 110 Å². The Morgan fingerprint density at radius 1 is 1.26 bits per heavy atom. The molecule has 2 aliphatic rings. The summed E-state index contributed by atoms with van der Waals surface area (Å²) in [6.45, 7) is 3.56. The molecule has 2 heterocycles. The summed E-state index contributed by atoms with van der Waals surface area (Å²) >= 11 is 0. The Morgan fingerprint density at radius 2 is 1.95 bits per heavy atom. The zero-order chi connectivity index (χ0) is 13.4. The number of nitrogens with one attached hydrogen (secondary N) is 2. The van der Waals surface area contributed by atoms with Gasteiger partial charge in [-0.25, -0.2) is 0 Å². The summed E-state index contributed by atoms with van der Waals surface area (Å²) in [5, 5.41) is 15.6. The number of rotatable bonds is 2. The van der Waals surface area contributed by atoms with Crippen LogP contribution in [0.3, 0.4) is 0 Å². The van der Waals surface area contributed by atoms with Gasteiger partial charge in [0, 0.05) is 13.1 Å². The third-order valence-corrected chi connectivity index (χ3v) is 3.55. The molecule has 2 atom stereocenters. The number of hydrogen-bond donors (Lipinski definition) is 3. The molecule has 0 amide bonds. The molecule has 0 radical (unpaired) electrons. The molecule has 1 fully saturated rings. The smallest absolute Gasteiger partial charge is 0.322 e. The van der Waals surface area contributed by atoms with Crippen molar-refractivity contribution in [3.8, 4) is 11.5 Å². The Kier molecular flexibility index (Phi) is 3.04. The summed E-state index contributed by atoms with van der Waals surface area (Å²) < 4.78 is 10.7. The zero-order valence-corrected chi connectivity index (χ0v) is 10.6. The van der Waals surface area contributed by atoms with E-state index in [-0.39, 0.29) is 12.8 Å². The number of piperazine rings is 1. The number of hydrogen-bond acceptors (Lipinski definition) is 5. The summed E-state index contributed by atoms with van der Waals surface area (Å²) in [5.74, 6) is 0.545. The normalized spacial score (nSPS) is 25.3. The number of benzene rings is 1. The second-order valence-corrected chi connectivity index (χ2v) is 4.76. The first-order valence-corrected chi connectivity index (χ1v) is 6.26. The molecule has 1 aromatic rings. The summed E-state index contributed by atoms with van der Waals surface area (Å²) in [7, 11) is 0. The van der Waals surface area contributed by atoms with Crippen LogP contribution >= 0.6 is 0 Å². The molecule has 0 saturated carbocycles. The van der Waals surface area contributed by atoms with Crippen molar-refractivity contribution in [2.45, 2.75) is 19.0 Å². The number of aliphatic carboxylic acids is 1. The average molecular weight is 264 g/mol. The summed E-state index contributed by atoms with van der Waals surface area (Å²) in [5.41, 5.74) is 1.93. The number of carbonyl (C=O) groups is 1. The third-order valence-electron chi connectivity index (χ3n) is 3.55. The number of fused-ring (bicyclic) bond motifs is 1. The van der Waals surface area contributed by atoms with Crippen LogP contribution in [-0.2, 0) is 4.79 Å². The van der Waals surface area contributed by atoms with Crippen LogP contribution in [0.25, 0.3) is 0 Å². The average Bonchev–Trinajstić information content (AvgIpc) is 2.84. The summed E-state index contributed by atoms with van der Waals surface area (Å²) in [4.78, 5) is 11.3. The van der Waals surface area contributed by atoms with E-state index in [2.05, 4.69) is 10.6 Å². The van der Waals surface area contributed by atoms with E-state index in [1.54, 1.807) is 0 Å². The lowest BCUT2D eigenvalue weighted by Crippen LogP contribution is -2.54. The van der Waals surface area contributed by atoms with Crippen LogP contribution in [0.1, 0.15) is 17.2 Å². The van der Waals surface area contributed by atoms with Gasteiger partial charge in [-0.1, -0.05) is 0 Å². The quantitative estimate of drug-likeness (QED) is 0.718. The van der Waals surface area contributed by atoms with Gasteiger partial charge in [-0.3, -0.25) is 4.79 Å². The number of ether oxygens (including phenoxy) is 2. The van der Waals surface area contributed by atoms with Gasteiger partial charge in [0.1, 0.15) is 6.04 Å². The fourth-order valence-electron chi connectivity index (χ4n) is 2.60. The van der Waals surface area contributed by atoms with E-state index in [1.807, 2.05) is 19.1 Å². The molecule has 2 unspecified atom stereocenters. The van der Waals surface area contributed by atoms with Gasteiger partial charge >= 0.3 is 5.97 Å². The molecule has 1 saturated heterocycles. The van der Waals surface area contributed by atoms with Crippen molar-refractivity contribution in [2.24, 2.45) is 0 Å². The molecule has 1 aromatic carbocycles. The highest BCUT2D eigenvalue weighted by atomic mass is 16.7. The number of carboxylic acids is 1. The first-order chi connectivity index (χ1) is 9.16. The molecule has 0 aromatic heterocycles. The predicted molar refractivity (Wildman–Crippen MR) is 67.5 cm³/mol. The molecule has 6 nitrogen and oxygen atoms in total. The highest BCUT2D eigenvalue weighted by Crippen LogP contribution is 2.37. The minimum absolute atomic E-state index is 0.219. The van der Waals surface area contributed by atoms with Gasteiger partial charge in [0.15, 0.2) is 11.5 Å². The lowest BCUT2D eigenvalue weighted by molar-refractivity contribution is -0.140. The van der Waals surface area contributed by atoms with E-state index in [9.17, 15) is 9.90 Å². The molecule has 19 heavy (non-hydrogen) atoms. The lowest BCUT2D eigenvalue weighted by atomic mass is 9.93. The van der Waals surface area contributed by atoms with E-state index in [0.29, 0.717) is 12.3 Å². The van der Waals surface area contributed by atoms with Crippen molar-refractivity contribution in [1.82, 2.24) is 10.6 Å². The molecule has 3 rings (SSSR count). The van der Waals surface area contributed by atoms with E-state index < -0.39 is 12.0 Å². The fourth-order valence-corrected chi connectivity index (χ4v) is 2.60. The van der Waals surface area contributed by atoms with Gasteiger partial charge in [0.25, 0.3) is 0 Å². The van der Waals surface area contributed by atoms with Crippen LogP contribution in [-0.4, -0.2) is 37.0 Å². The maximum absolute atomic E-state index is 11.3. The Balaban J connectivity index is 1.98. The van der Waals surface area contributed by atoms with Crippen molar-refractivity contribution in [2.75, 3.05) is 19.9 Å². The first kappa shape index (κ1) is 12.3. The van der Waals surface area contributed by atoms with Crippen LogP contribution in [0.4, 0.5) is 0 Å². The fraction of sp³-hybridized carbons (Fsp3) is 0.462. The molecule has 6 heteroatoms. The van der Waals surface area contributed by atoms with Gasteiger partial charge in [0.2, 0.25) is 6.79 Å². The van der Waals surface area contributed by atoms with Crippen molar-refractivity contribution in [3.63, 3.8) is 0 Å². The van der Waals surface area contributed by atoms with E-state index in [4.69, 9.17) is 9.47 Å². The first-order valence-electron chi connectivity index (χ1n) is 6.26. The highest BCUT2D eigenvalue weighted by molar-refractivity contribution is 5.75. The van der Waals surface area contributed by atoms with Crippen LogP contribution in [0.5, 0.6) is 11.5 Å². The molecule has 2 aliphatic heterocycles. The van der Waals surface area contributed by atoms with Crippen molar-refractivity contribution in [1.29, 1.82) is 0 Å². The van der Waals surface area contributed by atoms with Crippen molar-refractivity contribution >= 4 is 5.97 Å². The monoisotopic (exact) mass is 264 g/mol.